The van der Waals surface area contributed by atoms with Gasteiger partial charge in [-0.15, -0.1) is 0 Å². The first kappa shape index (κ1) is 13.1. The van der Waals surface area contributed by atoms with Crippen molar-refractivity contribution in [3.05, 3.63) is 41.1 Å². The largest absolute Gasteiger partial charge is 0.342 e. The van der Waals surface area contributed by atoms with Gasteiger partial charge in [0.1, 0.15) is 11.6 Å². The van der Waals surface area contributed by atoms with Crippen molar-refractivity contribution in [2.75, 3.05) is 6.54 Å². The van der Waals surface area contributed by atoms with Crippen molar-refractivity contribution >= 4 is 11.6 Å². The van der Waals surface area contributed by atoms with Crippen molar-refractivity contribution in [1.82, 2.24) is 9.97 Å². The lowest BCUT2D eigenvalue weighted by atomic mass is 10.1. The van der Waals surface area contributed by atoms with Crippen molar-refractivity contribution in [2.45, 2.75) is 19.3 Å². The zero-order chi connectivity index (χ0) is 13.1. The van der Waals surface area contributed by atoms with Crippen LogP contribution in [0.5, 0.6) is 0 Å². The van der Waals surface area contributed by atoms with Gasteiger partial charge >= 0.3 is 0 Å². The van der Waals surface area contributed by atoms with Crippen molar-refractivity contribution in [2.24, 2.45) is 5.73 Å². The summed E-state index contributed by atoms with van der Waals surface area (Å²) in [5.74, 6) is 0.791. The number of halogens is 2. The molecule has 3 N–H and O–H groups in total. The summed E-state index contributed by atoms with van der Waals surface area (Å²) < 4.78 is 13.0. The van der Waals surface area contributed by atoms with Gasteiger partial charge in [-0.05, 0) is 31.2 Å². The third-order valence-electron chi connectivity index (χ3n) is 2.88. The van der Waals surface area contributed by atoms with E-state index in [9.17, 15) is 4.39 Å². The van der Waals surface area contributed by atoms with Gasteiger partial charge in [-0.2, -0.15) is 0 Å². The average molecular weight is 268 g/mol. The van der Waals surface area contributed by atoms with Gasteiger partial charge in [0.25, 0.3) is 0 Å². The Bertz CT molecular complexity index is 539. The fourth-order valence-corrected chi connectivity index (χ4v) is 2.09. The first-order valence-electron chi connectivity index (χ1n) is 5.82. The summed E-state index contributed by atoms with van der Waals surface area (Å²) in [6, 6.07) is 4.31. The maximum absolute atomic E-state index is 13.0. The molecule has 0 aliphatic heterocycles. The molecule has 0 aliphatic rings. The number of aromatic nitrogens is 2. The predicted molar refractivity (Wildman–Crippen MR) is 71.1 cm³/mol. The molecule has 1 heterocycles. The van der Waals surface area contributed by atoms with Gasteiger partial charge < -0.3 is 10.7 Å². The van der Waals surface area contributed by atoms with Crippen LogP contribution in [0.3, 0.4) is 0 Å². The van der Waals surface area contributed by atoms with Crippen molar-refractivity contribution < 1.29 is 4.39 Å². The fraction of sp³-hybridized carbons (Fsp3) is 0.308. The molecule has 1 aromatic carbocycles. The van der Waals surface area contributed by atoms with E-state index in [1.165, 1.54) is 12.1 Å². The number of rotatable bonds is 4. The van der Waals surface area contributed by atoms with Crippen LogP contribution in [0.4, 0.5) is 4.39 Å². The van der Waals surface area contributed by atoms with Crippen LogP contribution in [0, 0.1) is 5.82 Å². The molecule has 1 atom stereocenters. The van der Waals surface area contributed by atoms with Crippen molar-refractivity contribution in [3.63, 3.8) is 0 Å². The Hall–Kier alpha value is -1.39. The fourth-order valence-electron chi connectivity index (χ4n) is 1.82. The van der Waals surface area contributed by atoms with E-state index in [2.05, 4.69) is 16.9 Å². The summed E-state index contributed by atoms with van der Waals surface area (Å²) in [5.41, 5.74) is 7.06. The monoisotopic (exact) mass is 267 g/mol. The molecule has 18 heavy (non-hydrogen) atoms. The Morgan fingerprint density at radius 3 is 2.94 bits per heavy atom. The van der Waals surface area contributed by atoms with Crippen LogP contribution < -0.4 is 5.73 Å². The first-order chi connectivity index (χ1) is 8.61. The molecule has 5 heteroatoms. The third-order valence-corrected chi connectivity index (χ3v) is 3.20. The summed E-state index contributed by atoms with van der Waals surface area (Å²) in [5, 5.41) is 0.372. The Morgan fingerprint density at radius 2 is 2.28 bits per heavy atom. The number of nitrogens with two attached hydrogens (primary N) is 1. The van der Waals surface area contributed by atoms with Crippen molar-refractivity contribution in [1.29, 1.82) is 0 Å². The Labute approximate surface area is 110 Å². The van der Waals surface area contributed by atoms with Crippen LogP contribution in [0.15, 0.2) is 24.4 Å². The summed E-state index contributed by atoms with van der Waals surface area (Å²) in [6.45, 7) is 2.68. The van der Waals surface area contributed by atoms with Crippen molar-refractivity contribution in [3.8, 4) is 11.3 Å². The summed E-state index contributed by atoms with van der Waals surface area (Å²) in [7, 11) is 0. The standard InChI is InChI=1S/C13H15ClFN3/c1-8(4-5-16)13-17-7-12(18-13)10-3-2-9(15)6-11(10)14/h2-3,6-8H,4-5,16H2,1H3,(H,17,18). The number of aromatic amines is 1. The first-order valence-corrected chi connectivity index (χ1v) is 6.20. The van der Waals surface area contributed by atoms with Crippen LogP contribution in [0.1, 0.15) is 25.1 Å². The summed E-state index contributed by atoms with van der Waals surface area (Å²) in [6.07, 6.45) is 2.57. The highest BCUT2D eigenvalue weighted by Crippen LogP contribution is 2.28. The molecule has 3 nitrogen and oxygen atoms in total. The van der Waals surface area contributed by atoms with E-state index in [0.717, 1.165) is 23.5 Å². The zero-order valence-electron chi connectivity index (χ0n) is 10.1. The smallest absolute Gasteiger partial charge is 0.124 e. The molecule has 2 rings (SSSR count). The lowest BCUT2D eigenvalue weighted by molar-refractivity contribution is 0.628. The SMILES string of the molecule is CC(CCN)c1ncc(-c2ccc(F)cc2Cl)[nH]1. The predicted octanol–water partition coefficient (Wildman–Crippen LogP) is 3.32. The van der Waals surface area contributed by atoms with E-state index in [0.29, 0.717) is 11.6 Å². The Kier molecular flexibility index (Phi) is 3.99. The molecule has 1 aromatic heterocycles. The van der Waals surface area contributed by atoms with E-state index in [1.54, 1.807) is 12.3 Å². The second kappa shape index (κ2) is 5.50. The number of benzene rings is 1. The highest BCUT2D eigenvalue weighted by Gasteiger charge is 2.12. The maximum atomic E-state index is 13.0. The summed E-state index contributed by atoms with van der Waals surface area (Å²) >= 11 is 6.01. The molecule has 0 fully saturated rings. The second-order valence-corrected chi connectivity index (χ2v) is 4.69. The second-order valence-electron chi connectivity index (χ2n) is 4.28. The van der Waals surface area contributed by atoms with Gasteiger partial charge in [-0.25, -0.2) is 9.37 Å². The molecule has 0 saturated carbocycles. The van der Waals surface area contributed by atoms with E-state index >= 15 is 0 Å². The van der Waals surface area contributed by atoms with Gasteiger partial charge in [-0.1, -0.05) is 18.5 Å². The number of nitrogens with zero attached hydrogens (tertiary/aromatic N) is 1. The summed E-state index contributed by atoms with van der Waals surface area (Å²) in [4.78, 5) is 7.51. The number of H-pyrrole nitrogens is 1. The maximum Gasteiger partial charge on any atom is 0.124 e. The van der Waals surface area contributed by atoms with Gasteiger partial charge in [-0.3, -0.25) is 0 Å². The highest BCUT2D eigenvalue weighted by atomic mass is 35.5. The Morgan fingerprint density at radius 1 is 1.50 bits per heavy atom. The van der Waals surface area contributed by atoms with Gasteiger partial charge in [0, 0.05) is 11.5 Å². The van der Waals surface area contributed by atoms with Gasteiger partial charge in [0.05, 0.1) is 16.9 Å². The molecule has 0 amide bonds. The van der Waals surface area contributed by atoms with E-state index < -0.39 is 0 Å². The molecule has 0 aliphatic carbocycles. The number of hydrogen-bond acceptors (Lipinski definition) is 2. The molecule has 0 saturated heterocycles. The molecule has 96 valence electrons. The lowest BCUT2D eigenvalue weighted by Crippen LogP contribution is -2.05. The quantitative estimate of drug-likeness (QED) is 0.893. The highest BCUT2D eigenvalue weighted by molar-refractivity contribution is 6.33. The van der Waals surface area contributed by atoms with E-state index in [-0.39, 0.29) is 11.7 Å². The van der Waals surface area contributed by atoms with Gasteiger partial charge in [0.2, 0.25) is 0 Å². The van der Waals surface area contributed by atoms with E-state index in [1.807, 2.05) is 0 Å². The average Bonchev–Trinajstić information content (AvgIpc) is 2.78. The van der Waals surface area contributed by atoms with Crippen LogP contribution in [0.2, 0.25) is 5.02 Å². The number of hydrogen-bond donors (Lipinski definition) is 2. The number of nitrogens with one attached hydrogen (secondary N) is 1. The Balaban J connectivity index is 2.29. The lowest BCUT2D eigenvalue weighted by Gasteiger charge is -2.06. The molecule has 0 spiro atoms. The molecule has 0 bridgehead atoms. The topological polar surface area (TPSA) is 54.7 Å². The minimum atomic E-state index is -0.347. The van der Waals surface area contributed by atoms with Crippen LogP contribution in [-0.2, 0) is 0 Å². The molecule has 2 aromatic rings. The minimum Gasteiger partial charge on any atom is -0.342 e. The normalized spacial score (nSPS) is 12.7. The zero-order valence-corrected chi connectivity index (χ0v) is 10.8. The number of imidazole rings is 1. The molecular weight excluding hydrogens is 253 g/mol. The third kappa shape index (κ3) is 2.71. The van der Waals surface area contributed by atoms with Crippen LogP contribution in [-0.4, -0.2) is 16.5 Å². The van der Waals surface area contributed by atoms with E-state index in [4.69, 9.17) is 17.3 Å². The molecular formula is C13H15ClFN3. The molecule has 0 radical (unpaired) electrons. The minimum absolute atomic E-state index is 0.267. The van der Waals surface area contributed by atoms with Crippen LogP contribution in [0.25, 0.3) is 11.3 Å². The van der Waals surface area contributed by atoms with Gasteiger partial charge in [0.15, 0.2) is 0 Å². The molecule has 1 unspecified atom stereocenters. The van der Waals surface area contributed by atoms with Crippen LogP contribution >= 0.6 is 11.6 Å².